The highest BCUT2D eigenvalue weighted by atomic mass is 19.1. The van der Waals surface area contributed by atoms with Crippen molar-refractivity contribution < 1.29 is 4.39 Å². The standard InChI is InChI=1S/C14H13FN4/c1-8-13-10(3)19(12-6-4-11(15)5-7-12)18-14(13)9(2)17-16-8/h4-7H,1-3H3. The van der Waals surface area contributed by atoms with Crippen molar-refractivity contribution in [2.45, 2.75) is 20.8 Å². The summed E-state index contributed by atoms with van der Waals surface area (Å²) in [4.78, 5) is 0. The summed E-state index contributed by atoms with van der Waals surface area (Å²) in [5.74, 6) is -0.256. The number of fused-ring (bicyclic) bond motifs is 1. The van der Waals surface area contributed by atoms with Crippen molar-refractivity contribution in [1.82, 2.24) is 20.0 Å². The molecular formula is C14H13FN4. The maximum Gasteiger partial charge on any atom is 0.123 e. The first-order valence-electron chi connectivity index (χ1n) is 6.03. The largest absolute Gasteiger partial charge is 0.237 e. The maximum atomic E-state index is 13.0. The molecule has 96 valence electrons. The number of aryl methyl sites for hydroxylation is 3. The van der Waals surface area contributed by atoms with Crippen LogP contribution in [0.25, 0.3) is 16.6 Å². The number of nitrogens with zero attached hydrogens (tertiary/aromatic N) is 4. The predicted molar refractivity (Wildman–Crippen MR) is 70.8 cm³/mol. The van der Waals surface area contributed by atoms with Gasteiger partial charge in [0.25, 0.3) is 0 Å². The Morgan fingerprint density at radius 2 is 1.58 bits per heavy atom. The Balaban J connectivity index is 2.31. The van der Waals surface area contributed by atoms with Gasteiger partial charge in [0.05, 0.1) is 22.8 Å². The Bertz CT molecular complexity index is 759. The molecule has 0 aliphatic carbocycles. The van der Waals surface area contributed by atoms with E-state index >= 15 is 0 Å². The lowest BCUT2D eigenvalue weighted by Gasteiger charge is -2.03. The SMILES string of the molecule is Cc1nnc(C)c2c(C)n(-c3ccc(F)cc3)nc12. The maximum absolute atomic E-state index is 13.0. The number of halogens is 1. The van der Waals surface area contributed by atoms with Gasteiger partial charge in [-0.05, 0) is 45.0 Å². The molecule has 0 saturated heterocycles. The van der Waals surface area contributed by atoms with E-state index < -0.39 is 0 Å². The highest BCUT2D eigenvalue weighted by molar-refractivity contribution is 5.85. The van der Waals surface area contributed by atoms with Crippen LogP contribution in [-0.4, -0.2) is 20.0 Å². The highest BCUT2D eigenvalue weighted by Crippen LogP contribution is 2.24. The Morgan fingerprint density at radius 3 is 2.21 bits per heavy atom. The van der Waals surface area contributed by atoms with Gasteiger partial charge in [-0.3, -0.25) is 0 Å². The van der Waals surface area contributed by atoms with Crippen LogP contribution in [0.15, 0.2) is 24.3 Å². The van der Waals surface area contributed by atoms with Crippen LogP contribution in [0.3, 0.4) is 0 Å². The number of hydrogen-bond acceptors (Lipinski definition) is 3. The monoisotopic (exact) mass is 256 g/mol. The summed E-state index contributed by atoms with van der Waals surface area (Å²) in [6.45, 7) is 5.78. The van der Waals surface area contributed by atoms with Gasteiger partial charge >= 0.3 is 0 Å². The third-order valence-corrected chi connectivity index (χ3v) is 3.24. The minimum atomic E-state index is -0.256. The fourth-order valence-electron chi connectivity index (χ4n) is 2.27. The molecule has 0 saturated carbocycles. The van der Waals surface area contributed by atoms with Crippen molar-refractivity contribution in [3.05, 3.63) is 47.2 Å². The Hall–Kier alpha value is -2.30. The molecule has 5 heteroatoms. The van der Waals surface area contributed by atoms with Crippen LogP contribution in [0.2, 0.25) is 0 Å². The molecule has 0 amide bonds. The van der Waals surface area contributed by atoms with Crippen LogP contribution in [0.5, 0.6) is 0 Å². The van der Waals surface area contributed by atoms with E-state index in [1.807, 2.05) is 20.8 Å². The molecule has 0 atom stereocenters. The molecular weight excluding hydrogens is 243 g/mol. The van der Waals surface area contributed by atoms with Gasteiger partial charge in [0, 0.05) is 5.39 Å². The van der Waals surface area contributed by atoms with E-state index in [2.05, 4.69) is 15.3 Å². The first-order chi connectivity index (χ1) is 9.08. The van der Waals surface area contributed by atoms with Gasteiger partial charge < -0.3 is 0 Å². The average molecular weight is 256 g/mol. The molecule has 4 nitrogen and oxygen atoms in total. The minimum absolute atomic E-state index is 0.256. The van der Waals surface area contributed by atoms with E-state index in [1.165, 1.54) is 12.1 Å². The Kier molecular flexibility index (Phi) is 2.55. The molecule has 0 fully saturated rings. The van der Waals surface area contributed by atoms with Gasteiger partial charge in [-0.25, -0.2) is 9.07 Å². The second kappa shape index (κ2) is 4.12. The van der Waals surface area contributed by atoms with E-state index in [-0.39, 0.29) is 5.82 Å². The minimum Gasteiger partial charge on any atom is -0.237 e. The first kappa shape index (κ1) is 11.8. The number of benzene rings is 1. The molecule has 3 rings (SSSR count). The second-order valence-electron chi connectivity index (χ2n) is 4.57. The van der Waals surface area contributed by atoms with E-state index in [9.17, 15) is 4.39 Å². The lowest BCUT2D eigenvalue weighted by Crippen LogP contribution is -1.98. The summed E-state index contributed by atoms with van der Waals surface area (Å²) in [6, 6.07) is 6.27. The predicted octanol–water partition coefficient (Wildman–Crippen LogP) is 2.88. The number of rotatable bonds is 1. The van der Waals surface area contributed by atoms with Crippen LogP contribution < -0.4 is 0 Å². The Morgan fingerprint density at radius 1 is 0.947 bits per heavy atom. The number of hydrogen-bond donors (Lipinski definition) is 0. The van der Waals surface area contributed by atoms with E-state index in [4.69, 9.17) is 0 Å². The fourth-order valence-corrected chi connectivity index (χ4v) is 2.27. The lowest BCUT2D eigenvalue weighted by molar-refractivity contribution is 0.627. The van der Waals surface area contributed by atoms with Crippen molar-refractivity contribution in [3.8, 4) is 5.69 Å². The molecule has 0 aliphatic rings. The fraction of sp³-hybridized carbons (Fsp3) is 0.214. The first-order valence-corrected chi connectivity index (χ1v) is 6.03. The molecule has 2 aromatic heterocycles. The third kappa shape index (κ3) is 1.78. The molecule has 0 N–H and O–H groups in total. The van der Waals surface area contributed by atoms with Crippen LogP contribution in [0.4, 0.5) is 4.39 Å². The summed E-state index contributed by atoms with van der Waals surface area (Å²) in [5.41, 5.74) is 4.30. The second-order valence-corrected chi connectivity index (χ2v) is 4.57. The normalized spacial score (nSPS) is 11.2. The van der Waals surface area contributed by atoms with E-state index in [0.717, 1.165) is 33.7 Å². The highest BCUT2D eigenvalue weighted by Gasteiger charge is 2.14. The quantitative estimate of drug-likeness (QED) is 0.672. The summed E-state index contributed by atoms with van der Waals surface area (Å²) in [6.07, 6.45) is 0. The molecule has 0 unspecified atom stereocenters. The van der Waals surface area contributed by atoms with Gasteiger partial charge in [0.15, 0.2) is 0 Å². The third-order valence-electron chi connectivity index (χ3n) is 3.24. The summed E-state index contributed by atoms with van der Waals surface area (Å²) in [5, 5.41) is 13.8. The smallest absolute Gasteiger partial charge is 0.123 e. The summed E-state index contributed by atoms with van der Waals surface area (Å²) < 4.78 is 14.8. The van der Waals surface area contributed by atoms with Crippen molar-refractivity contribution in [1.29, 1.82) is 0 Å². The van der Waals surface area contributed by atoms with Crippen molar-refractivity contribution in [3.63, 3.8) is 0 Å². The van der Waals surface area contributed by atoms with Gasteiger partial charge in [-0.15, -0.1) is 0 Å². The molecule has 19 heavy (non-hydrogen) atoms. The van der Waals surface area contributed by atoms with Crippen molar-refractivity contribution >= 4 is 10.9 Å². The van der Waals surface area contributed by atoms with Gasteiger partial charge in [-0.2, -0.15) is 15.3 Å². The lowest BCUT2D eigenvalue weighted by atomic mass is 10.2. The van der Waals surface area contributed by atoms with Gasteiger partial charge in [0.2, 0.25) is 0 Å². The number of aromatic nitrogens is 4. The zero-order valence-corrected chi connectivity index (χ0v) is 11.0. The van der Waals surface area contributed by atoms with Crippen molar-refractivity contribution in [2.24, 2.45) is 0 Å². The zero-order valence-electron chi connectivity index (χ0n) is 11.0. The molecule has 0 radical (unpaired) electrons. The molecule has 0 aliphatic heterocycles. The van der Waals surface area contributed by atoms with Crippen molar-refractivity contribution in [2.75, 3.05) is 0 Å². The van der Waals surface area contributed by atoms with Crippen LogP contribution in [0.1, 0.15) is 17.1 Å². The van der Waals surface area contributed by atoms with Gasteiger partial charge in [-0.1, -0.05) is 0 Å². The molecule has 3 aromatic rings. The Labute approximate surface area is 109 Å². The van der Waals surface area contributed by atoms with E-state index in [1.54, 1.807) is 16.8 Å². The molecule has 2 heterocycles. The average Bonchev–Trinajstić information content (AvgIpc) is 2.74. The summed E-state index contributed by atoms with van der Waals surface area (Å²) in [7, 11) is 0. The summed E-state index contributed by atoms with van der Waals surface area (Å²) >= 11 is 0. The molecule has 0 bridgehead atoms. The topological polar surface area (TPSA) is 43.6 Å². The van der Waals surface area contributed by atoms with Crippen LogP contribution >= 0.6 is 0 Å². The van der Waals surface area contributed by atoms with Crippen LogP contribution in [-0.2, 0) is 0 Å². The molecule has 1 aromatic carbocycles. The molecule has 0 spiro atoms. The zero-order chi connectivity index (χ0) is 13.6. The van der Waals surface area contributed by atoms with Gasteiger partial charge in [0.1, 0.15) is 11.3 Å². The van der Waals surface area contributed by atoms with E-state index in [0.29, 0.717) is 0 Å². The van der Waals surface area contributed by atoms with Crippen LogP contribution in [0, 0.1) is 26.6 Å².